The van der Waals surface area contributed by atoms with Gasteiger partial charge in [-0.2, -0.15) is 0 Å². The van der Waals surface area contributed by atoms with Gasteiger partial charge in [0.05, 0.1) is 17.1 Å². The highest BCUT2D eigenvalue weighted by Crippen LogP contribution is 2.48. The van der Waals surface area contributed by atoms with E-state index in [-0.39, 0.29) is 0 Å². The molecular weight excluding hydrogens is 889 g/mol. The number of hydrogen-bond acceptors (Lipinski definition) is 3. The van der Waals surface area contributed by atoms with Gasteiger partial charge in [0.15, 0.2) is 5.58 Å². The van der Waals surface area contributed by atoms with Crippen LogP contribution in [0.15, 0.2) is 259 Å². The van der Waals surface area contributed by atoms with Crippen molar-refractivity contribution in [3.05, 3.63) is 255 Å². The molecule has 340 valence electrons. The molecule has 0 fully saturated rings. The molecule has 0 aliphatic carbocycles. The zero-order valence-electron chi connectivity index (χ0n) is 40.1. The van der Waals surface area contributed by atoms with Crippen molar-refractivity contribution in [1.29, 1.82) is 0 Å². The maximum absolute atomic E-state index is 6.72. The highest BCUT2D eigenvalue weighted by molar-refractivity contribution is 7.03. The Morgan fingerprint density at radius 1 is 0.306 bits per heavy atom. The van der Waals surface area contributed by atoms with Crippen molar-refractivity contribution in [2.24, 2.45) is 0 Å². The van der Waals surface area contributed by atoms with Gasteiger partial charge in [-0.05, 0) is 132 Å². The number of hydrogen-bond donors (Lipinski definition) is 0. The standard InChI is InChI=1S/C68H48N2OSi/c1-72(2)65-35-19-30-56-59-44-63(69(48-22-8-4-9-23-48)49-24-10-5-11-25-49)53-28-13-12-27-52(53)58(59)43-60(67(56)65)55-41-38-47(42-66(55)72)45-36-39-50(40-37-45)70(61-32-16-14-26-51(61)46-20-6-3-7-21-46)62-33-18-31-57-54-29-15-17-34-64(54)71-68(57)62/h3-44H,1-2H3. The number of para-hydroxylation sites is 5. The molecule has 0 unspecified atom stereocenters. The number of anilines is 6. The van der Waals surface area contributed by atoms with Crippen LogP contribution in [-0.2, 0) is 0 Å². The quantitative estimate of drug-likeness (QED) is 0.112. The number of nitrogens with zero attached hydrogens (tertiary/aromatic N) is 2. The van der Waals surface area contributed by atoms with Gasteiger partial charge < -0.3 is 14.2 Å². The van der Waals surface area contributed by atoms with Crippen molar-refractivity contribution in [2.45, 2.75) is 13.1 Å². The predicted octanol–water partition coefficient (Wildman–Crippen LogP) is 18.1. The maximum atomic E-state index is 6.72. The minimum absolute atomic E-state index is 0.866. The Bertz CT molecular complexity index is 4200. The van der Waals surface area contributed by atoms with Crippen LogP contribution < -0.4 is 20.2 Å². The minimum Gasteiger partial charge on any atom is -0.454 e. The summed E-state index contributed by atoms with van der Waals surface area (Å²) >= 11 is 0. The molecule has 0 spiro atoms. The Labute approximate surface area is 420 Å². The van der Waals surface area contributed by atoms with E-state index in [4.69, 9.17) is 4.42 Å². The summed E-state index contributed by atoms with van der Waals surface area (Å²) in [6.45, 7) is 5.08. The van der Waals surface area contributed by atoms with E-state index in [1.807, 2.05) is 6.07 Å². The second-order valence-corrected chi connectivity index (χ2v) is 23.9. The van der Waals surface area contributed by atoms with Crippen LogP contribution in [0.1, 0.15) is 0 Å². The summed E-state index contributed by atoms with van der Waals surface area (Å²) in [5, 5.41) is 12.9. The first-order chi connectivity index (χ1) is 35.5. The SMILES string of the molecule is C[Si]1(C)c2cc(-c3ccc(N(c4ccccc4-c4ccccc4)c4cccc5c4oc4ccccc45)cc3)ccc2-c2cc3c4ccccc4c(N(c4ccccc4)c4ccccc4)cc3c3cccc1c23. The fourth-order valence-corrected chi connectivity index (χ4v) is 14.9. The van der Waals surface area contributed by atoms with Gasteiger partial charge in [-0.1, -0.05) is 201 Å². The van der Waals surface area contributed by atoms with Crippen LogP contribution in [0.3, 0.4) is 0 Å². The molecule has 4 heteroatoms. The number of rotatable bonds is 8. The van der Waals surface area contributed by atoms with E-state index in [0.717, 1.165) is 61.5 Å². The lowest BCUT2D eigenvalue weighted by Gasteiger charge is -2.35. The molecule has 0 bridgehead atoms. The van der Waals surface area contributed by atoms with E-state index < -0.39 is 8.07 Å². The molecule has 14 rings (SSSR count). The Kier molecular flexibility index (Phi) is 9.67. The topological polar surface area (TPSA) is 19.6 Å². The molecule has 0 saturated carbocycles. The minimum atomic E-state index is -2.23. The highest BCUT2D eigenvalue weighted by Gasteiger charge is 2.36. The van der Waals surface area contributed by atoms with Crippen LogP contribution in [0, 0.1) is 0 Å². The van der Waals surface area contributed by atoms with Gasteiger partial charge in [0.25, 0.3) is 0 Å². The van der Waals surface area contributed by atoms with Crippen LogP contribution in [0.4, 0.5) is 34.1 Å². The summed E-state index contributed by atoms with van der Waals surface area (Å²) in [6, 6.07) is 93.2. The summed E-state index contributed by atoms with van der Waals surface area (Å²) in [6.07, 6.45) is 0. The molecule has 0 amide bonds. The summed E-state index contributed by atoms with van der Waals surface area (Å²) in [4.78, 5) is 4.79. The van der Waals surface area contributed by atoms with Gasteiger partial charge in [0, 0.05) is 38.8 Å². The number of benzene rings is 12. The van der Waals surface area contributed by atoms with E-state index in [1.165, 1.54) is 70.6 Å². The molecule has 0 radical (unpaired) electrons. The lowest BCUT2D eigenvalue weighted by Crippen LogP contribution is -2.55. The first-order valence-corrected chi connectivity index (χ1v) is 27.9. The van der Waals surface area contributed by atoms with Crippen LogP contribution in [-0.4, -0.2) is 8.07 Å². The van der Waals surface area contributed by atoms with Crippen molar-refractivity contribution in [3.8, 4) is 33.4 Å². The van der Waals surface area contributed by atoms with Gasteiger partial charge in [0.1, 0.15) is 13.7 Å². The maximum Gasteiger partial charge on any atom is 0.159 e. The first-order valence-electron chi connectivity index (χ1n) is 24.9. The average Bonchev–Trinajstić information content (AvgIpc) is 3.83. The van der Waals surface area contributed by atoms with E-state index in [0.29, 0.717) is 0 Å². The lowest BCUT2D eigenvalue weighted by molar-refractivity contribution is 0.669. The van der Waals surface area contributed by atoms with Crippen molar-refractivity contribution in [3.63, 3.8) is 0 Å². The molecule has 72 heavy (non-hydrogen) atoms. The Balaban J connectivity index is 0.912. The molecule has 1 aliphatic heterocycles. The van der Waals surface area contributed by atoms with Gasteiger partial charge in [-0.15, -0.1) is 0 Å². The summed E-state index contributed by atoms with van der Waals surface area (Å²) in [7, 11) is -2.23. The van der Waals surface area contributed by atoms with Crippen LogP contribution >= 0.6 is 0 Å². The lowest BCUT2D eigenvalue weighted by atomic mass is 9.89. The molecule has 0 saturated heterocycles. The zero-order valence-corrected chi connectivity index (χ0v) is 41.1. The van der Waals surface area contributed by atoms with E-state index >= 15 is 0 Å². The van der Waals surface area contributed by atoms with Gasteiger partial charge in [-0.3, -0.25) is 0 Å². The number of fused-ring (bicyclic) bond motifs is 9. The normalized spacial score (nSPS) is 12.7. The average molecular weight is 937 g/mol. The molecule has 3 nitrogen and oxygen atoms in total. The second-order valence-electron chi connectivity index (χ2n) is 19.6. The van der Waals surface area contributed by atoms with Crippen LogP contribution in [0.2, 0.25) is 13.1 Å². The number of furan rings is 1. The molecular formula is C68H48N2OSi. The summed E-state index contributed by atoms with van der Waals surface area (Å²) in [5.74, 6) is 0. The third-order valence-electron chi connectivity index (χ3n) is 15.2. The van der Waals surface area contributed by atoms with E-state index in [1.54, 1.807) is 0 Å². The van der Waals surface area contributed by atoms with Crippen LogP contribution in [0.5, 0.6) is 0 Å². The Hall–Kier alpha value is -8.96. The molecule has 13 aromatic rings. The third-order valence-corrected chi connectivity index (χ3v) is 18.7. The van der Waals surface area contributed by atoms with Crippen molar-refractivity contribution >= 4 is 107 Å². The van der Waals surface area contributed by atoms with Crippen molar-refractivity contribution in [2.75, 3.05) is 9.80 Å². The molecule has 0 atom stereocenters. The largest absolute Gasteiger partial charge is 0.454 e. The molecule has 0 N–H and O–H groups in total. The summed E-state index contributed by atoms with van der Waals surface area (Å²) < 4.78 is 6.72. The first kappa shape index (κ1) is 42.0. The Morgan fingerprint density at radius 2 is 0.875 bits per heavy atom. The smallest absolute Gasteiger partial charge is 0.159 e. The summed E-state index contributed by atoms with van der Waals surface area (Å²) in [5.41, 5.74) is 15.7. The van der Waals surface area contributed by atoms with Gasteiger partial charge in [-0.25, -0.2) is 0 Å². The van der Waals surface area contributed by atoms with Crippen molar-refractivity contribution in [1.82, 2.24) is 0 Å². The second kappa shape index (κ2) is 16.6. The fourth-order valence-electron chi connectivity index (χ4n) is 11.8. The van der Waals surface area contributed by atoms with Crippen LogP contribution in [0.25, 0.3) is 87.6 Å². The monoisotopic (exact) mass is 936 g/mol. The molecule has 12 aromatic carbocycles. The van der Waals surface area contributed by atoms with Gasteiger partial charge in [0.2, 0.25) is 0 Å². The highest BCUT2D eigenvalue weighted by atomic mass is 28.3. The van der Waals surface area contributed by atoms with E-state index in [9.17, 15) is 0 Å². The Morgan fingerprint density at radius 3 is 1.64 bits per heavy atom. The van der Waals surface area contributed by atoms with Crippen molar-refractivity contribution < 1.29 is 4.42 Å². The molecule has 1 aliphatic rings. The fraction of sp³-hybridized carbons (Fsp3) is 0.0294. The van der Waals surface area contributed by atoms with E-state index in [2.05, 4.69) is 272 Å². The zero-order chi connectivity index (χ0) is 47.9. The molecule has 2 heterocycles. The molecule has 1 aromatic heterocycles. The third kappa shape index (κ3) is 6.57. The van der Waals surface area contributed by atoms with Gasteiger partial charge >= 0.3 is 0 Å². The predicted molar refractivity (Wildman–Crippen MR) is 309 cm³/mol.